The fourth-order valence-corrected chi connectivity index (χ4v) is 3.03. The summed E-state index contributed by atoms with van der Waals surface area (Å²) < 4.78 is 7.21. The van der Waals surface area contributed by atoms with Crippen molar-refractivity contribution in [1.29, 1.82) is 0 Å². The van der Waals surface area contributed by atoms with Crippen molar-refractivity contribution in [2.24, 2.45) is 0 Å². The second-order valence-corrected chi connectivity index (χ2v) is 5.72. The Kier molecular flexibility index (Phi) is 4.87. The molecule has 23 heavy (non-hydrogen) atoms. The fraction of sp³-hybridized carbons (Fsp3) is 0.250. The third kappa shape index (κ3) is 3.68. The van der Waals surface area contributed by atoms with Crippen LogP contribution in [0.5, 0.6) is 5.88 Å². The number of rotatable bonds is 6. The van der Waals surface area contributed by atoms with E-state index in [1.54, 1.807) is 19.4 Å². The lowest BCUT2D eigenvalue weighted by molar-refractivity contribution is 0.392. The van der Waals surface area contributed by atoms with Crippen molar-refractivity contribution in [3.8, 4) is 5.88 Å². The van der Waals surface area contributed by atoms with Crippen LogP contribution in [0.3, 0.4) is 0 Å². The van der Waals surface area contributed by atoms with Crippen LogP contribution in [0.25, 0.3) is 0 Å². The molecule has 2 heterocycles. The summed E-state index contributed by atoms with van der Waals surface area (Å²) in [6.07, 6.45) is 2.42. The number of nitrogens with zero attached hydrogens (tertiary/aromatic N) is 5. The lowest BCUT2D eigenvalue weighted by Gasteiger charge is -2.07. The quantitative estimate of drug-likeness (QED) is 0.649. The van der Waals surface area contributed by atoms with Gasteiger partial charge in [0.1, 0.15) is 5.82 Å². The molecule has 0 bridgehead atoms. The van der Waals surface area contributed by atoms with Crippen molar-refractivity contribution < 1.29 is 4.74 Å². The molecule has 0 aliphatic carbocycles. The normalized spacial score (nSPS) is 10.7. The lowest BCUT2D eigenvalue weighted by Crippen LogP contribution is -2.04. The van der Waals surface area contributed by atoms with Gasteiger partial charge < -0.3 is 9.30 Å². The Hall–Kier alpha value is -2.41. The van der Waals surface area contributed by atoms with Gasteiger partial charge in [-0.3, -0.25) is 0 Å². The summed E-state index contributed by atoms with van der Waals surface area (Å²) in [4.78, 5) is 8.55. The molecule has 0 aliphatic rings. The molecule has 0 unspecified atom stereocenters. The Morgan fingerprint density at radius 3 is 2.70 bits per heavy atom. The molecular weight excluding hydrogens is 310 g/mol. The number of hydrogen-bond acceptors (Lipinski definition) is 6. The van der Waals surface area contributed by atoms with Crippen LogP contribution in [-0.4, -0.2) is 31.8 Å². The first-order chi connectivity index (χ1) is 11.3. The summed E-state index contributed by atoms with van der Waals surface area (Å²) in [5.41, 5.74) is 1.21. The summed E-state index contributed by atoms with van der Waals surface area (Å²) >= 11 is 1.39. The maximum Gasteiger partial charge on any atom is 0.217 e. The third-order valence-electron chi connectivity index (χ3n) is 3.31. The molecule has 0 spiro atoms. The first-order valence-electron chi connectivity index (χ1n) is 7.31. The molecule has 118 valence electrons. The predicted octanol–water partition coefficient (Wildman–Crippen LogP) is 2.84. The second kappa shape index (κ2) is 7.23. The Bertz CT molecular complexity index is 775. The lowest BCUT2D eigenvalue weighted by atomic mass is 10.1. The van der Waals surface area contributed by atoms with Crippen molar-refractivity contribution in [3.05, 3.63) is 54.0 Å². The van der Waals surface area contributed by atoms with E-state index in [1.807, 2.05) is 18.2 Å². The van der Waals surface area contributed by atoms with Crippen LogP contribution in [0, 0.1) is 0 Å². The summed E-state index contributed by atoms with van der Waals surface area (Å²) in [6, 6.07) is 12.0. The standard InChI is InChI=1S/C16H17N5OS/c1-3-21-13(11-12-7-5-4-6-8-12)19-20-16(21)23-15-17-10-9-14(18-15)22-2/h4-10H,3,11H2,1-2H3. The molecule has 6 nitrogen and oxygen atoms in total. The van der Waals surface area contributed by atoms with E-state index in [0.29, 0.717) is 11.0 Å². The molecule has 7 heteroatoms. The highest BCUT2D eigenvalue weighted by Gasteiger charge is 2.14. The van der Waals surface area contributed by atoms with Crippen molar-refractivity contribution in [2.45, 2.75) is 30.2 Å². The molecule has 0 N–H and O–H groups in total. The van der Waals surface area contributed by atoms with Gasteiger partial charge in [-0.1, -0.05) is 30.3 Å². The van der Waals surface area contributed by atoms with Gasteiger partial charge in [-0.2, -0.15) is 4.98 Å². The van der Waals surface area contributed by atoms with Crippen molar-refractivity contribution >= 4 is 11.8 Å². The van der Waals surface area contributed by atoms with Gasteiger partial charge in [-0.25, -0.2) is 4.98 Å². The maximum absolute atomic E-state index is 5.13. The molecular formula is C16H17N5OS. The van der Waals surface area contributed by atoms with Crippen LogP contribution in [0.4, 0.5) is 0 Å². The molecule has 2 aromatic heterocycles. The van der Waals surface area contributed by atoms with E-state index in [1.165, 1.54) is 17.3 Å². The van der Waals surface area contributed by atoms with Crippen LogP contribution in [0.15, 0.2) is 52.9 Å². The van der Waals surface area contributed by atoms with Crippen LogP contribution >= 0.6 is 11.8 Å². The summed E-state index contributed by atoms with van der Waals surface area (Å²) in [7, 11) is 1.59. The van der Waals surface area contributed by atoms with Gasteiger partial charge in [0, 0.05) is 25.2 Å². The molecule has 3 rings (SSSR count). The molecule has 0 saturated heterocycles. The van der Waals surface area contributed by atoms with Gasteiger partial charge in [-0.15, -0.1) is 10.2 Å². The highest BCUT2D eigenvalue weighted by atomic mass is 32.2. The second-order valence-electron chi connectivity index (χ2n) is 4.79. The average molecular weight is 327 g/mol. The largest absolute Gasteiger partial charge is 0.481 e. The molecule has 0 radical (unpaired) electrons. The third-order valence-corrected chi connectivity index (χ3v) is 4.18. The van der Waals surface area contributed by atoms with Gasteiger partial charge in [0.2, 0.25) is 5.88 Å². The summed E-state index contributed by atoms with van der Waals surface area (Å²) in [5, 5.41) is 9.99. The zero-order chi connectivity index (χ0) is 16.1. The smallest absolute Gasteiger partial charge is 0.217 e. The fourth-order valence-electron chi connectivity index (χ4n) is 2.19. The highest BCUT2D eigenvalue weighted by Crippen LogP contribution is 2.25. The van der Waals surface area contributed by atoms with Crippen molar-refractivity contribution in [1.82, 2.24) is 24.7 Å². The molecule has 0 fully saturated rings. The monoisotopic (exact) mass is 327 g/mol. The summed E-state index contributed by atoms with van der Waals surface area (Å²) in [6.45, 7) is 2.87. The van der Waals surface area contributed by atoms with E-state index < -0.39 is 0 Å². The van der Waals surface area contributed by atoms with Crippen molar-refractivity contribution in [2.75, 3.05) is 7.11 Å². The van der Waals surface area contributed by atoms with Crippen LogP contribution in [0.1, 0.15) is 18.3 Å². The number of aromatic nitrogens is 5. The molecule has 0 aliphatic heterocycles. The first kappa shape index (κ1) is 15.5. The molecule has 0 saturated carbocycles. The van der Waals surface area contributed by atoms with E-state index >= 15 is 0 Å². The maximum atomic E-state index is 5.13. The van der Waals surface area contributed by atoms with E-state index in [-0.39, 0.29) is 0 Å². The van der Waals surface area contributed by atoms with E-state index in [9.17, 15) is 0 Å². The van der Waals surface area contributed by atoms with E-state index in [0.717, 1.165) is 23.9 Å². The number of benzene rings is 1. The van der Waals surface area contributed by atoms with Crippen LogP contribution in [0.2, 0.25) is 0 Å². The first-order valence-corrected chi connectivity index (χ1v) is 8.12. The number of hydrogen-bond donors (Lipinski definition) is 0. The topological polar surface area (TPSA) is 65.7 Å². The van der Waals surface area contributed by atoms with Crippen LogP contribution in [-0.2, 0) is 13.0 Å². The van der Waals surface area contributed by atoms with Gasteiger partial charge in [0.05, 0.1) is 7.11 Å². The minimum absolute atomic E-state index is 0.537. The minimum Gasteiger partial charge on any atom is -0.481 e. The summed E-state index contributed by atoms with van der Waals surface area (Å²) in [5.74, 6) is 1.47. The van der Waals surface area contributed by atoms with Gasteiger partial charge in [-0.05, 0) is 24.2 Å². The van der Waals surface area contributed by atoms with Gasteiger partial charge >= 0.3 is 0 Å². The minimum atomic E-state index is 0.537. The zero-order valence-corrected chi connectivity index (χ0v) is 13.8. The Balaban J connectivity index is 1.83. The Labute approximate surface area is 139 Å². The van der Waals surface area contributed by atoms with Gasteiger partial charge in [0.15, 0.2) is 10.3 Å². The van der Waals surface area contributed by atoms with E-state index in [4.69, 9.17) is 4.74 Å². The number of ether oxygens (including phenoxy) is 1. The average Bonchev–Trinajstić information content (AvgIpc) is 2.97. The van der Waals surface area contributed by atoms with Crippen molar-refractivity contribution in [3.63, 3.8) is 0 Å². The zero-order valence-electron chi connectivity index (χ0n) is 13.0. The molecule has 0 amide bonds. The van der Waals surface area contributed by atoms with Gasteiger partial charge in [0.25, 0.3) is 0 Å². The Morgan fingerprint density at radius 1 is 1.13 bits per heavy atom. The molecule has 0 atom stereocenters. The van der Waals surface area contributed by atoms with E-state index in [2.05, 4.69) is 43.8 Å². The molecule has 1 aromatic carbocycles. The van der Waals surface area contributed by atoms with Crippen LogP contribution < -0.4 is 4.74 Å². The molecule has 3 aromatic rings. The SMILES string of the molecule is CCn1c(Cc2ccccc2)nnc1Sc1nccc(OC)n1. The highest BCUT2D eigenvalue weighted by molar-refractivity contribution is 7.99. The Morgan fingerprint density at radius 2 is 1.96 bits per heavy atom. The number of methoxy groups -OCH3 is 1. The predicted molar refractivity (Wildman–Crippen MR) is 87.7 cm³/mol.